The minimum absolute atomic E-state index is 0. The number of rotatable bonds is 0. The van der Waals surface area contributed by atoms with Crippen LogP contribution < -0.4 is 0 Å². The van der Waals surface area contributed by atoms with Crippen molar-refractivity contribution in [1.29, 1.82) is 0 Å². The Labute approximate surface area is 105 Å². The van der Waals surface area contributed by atoms with Gasteiger partial charge in [-0.3, -0.25) is 0 Å². The molecule has 0 bridgehead atoms. The summed E-state index contributed by atoms with van der Waals surface area (Å²) in [7, 11) is -9.28. The van der Waals surface area contributed by atoms with Crippen LogP contribution in [-0.4, -0.2) is 64.1 Å². The second-order valence-corrected chi connectivity index (χ2v) is 3.08. The van der Waals surface area contributed by atoms with Crippen LogP contribution in [0.3, 0.4) is 0 Å². The van der Waals surface area contributed by atoms with Gasteiger partial charge in [0, 0.05) is 0 Å². The maximum absolute atomic E-state index is 8.88. The fourth-order valence-corrected chi connectivity index (χ4v) is 0. The van der Waals surface area contributed by atoms with E-state index in [0.717, 1.165) is 0 Å². The molecule has 0 amide bonds. The minimum atomic E-state index is -4.64. The van der Waals surface area contributed by atoms with E-state index in [0.29, 0.717) is 0 Å². The Balaban J connectivity index is -0.0000000128. The Kier molecular flexibility index (Phi) is 51.8. The summed E-state index contributed by atoms with van der Waals surface area (Å²) in [6.45, 7) is 0. The van der Waals surface area contributed by atoms with Crippen LogP contribution in [-0.2, 0) is 25.6 Å². The van der Waals surface area contributed by atoms with Gasteiger partial charge in [-0.15, -0.1) is 0 Å². The van der Waals surface area contributed by atoms with E-state index in [-0.39, 0.29) is 51.2 Å². The average molecular weight is 298 g/mol. The summed E-state index contributed by atoms with van der Waals surface area (Å²) in [5.41, 5.74) is 0. The molecule has 0 unspecified atom stereocenters. The van der Waals surface area contributed by atoms with Crippen LogP contribution in [0.15, 0.2) is 0 Å². The molecule has 0 aromatic rings. The zero-order valence-electron chi connectivity index (χ0n) is 6.77. The summed E-state index contributed by atoms with van der Waals surface area (Å²) < 4.78 is 17.8. The van der Waals surface area contributed by atoms with Gasteiger partial charge in [-0.2, -0.15) is 0 Å². The largest absolute Gasteiger partial charge is 3.00 e. The smallest absolute Gasteiger partial charge is 2.00 e. The molecule has 11 nitrogen and oxygen atoms in total. The first kappa shape index (κ1) is 44.3. The molecule has 0 aliphatic heterocycles. The predicted octanol–water partition coefficient (Wildman–Crippen LogP) is -2.98. The summed E-state index contributed by atoms with van der Waals surface area (Å²) in [5, 5.41) is 0. The van der Waals surface area contributed by atoms with Crippen LogP contribution in [0.25, 0.3) is 0 Å². The summed E-state index contributed by atoms with van der Waals surface area (Å²) in [4.78, 5) is 43.1. The molecular formula is H6Al2O11P2. The summed E-state index contributed by atoms with van der Waals surface area (Å²) in [6.07, 6.45) is 0. The summed E-state index contributed by atoms with van der Waals surface area (Å²) in [6, 6.07) is 0. The van der Waals surface area contributed by atoms with Crippen molar-refractivity contribution in [2.75, 3.05) is 0 Å². The Morgan fingerprint density at radius 1 is 0.533 bits per heavy atom. The maximum atomic E-state index is 8.88. The van der Waals surface area contributed by atoms with Crippen molar-refractivity contribution in [2.45, 2.75) is 0 Å². The molecule has 0 atom stereocenters. The molecule has 0 saturated carbocycles. The van der Waals surface area contributed by atoms with Gasteiger partial charge in [-0.05, 0) is 0 Å². The van der Waals surface area contributed by atoms with Crippen LogP contribution >= 0.6 is 15.6 Å². The SMILES string of the molecule is O=P(O)(O)O.O=P(O)(O)O.[Al+3].[Al+3].[O-2].[O-2].[O-2]. The molecule has 0 saturated heterocycles. The normalized spacial score (nSPS) is 7.87. The third kappa shape index (κ3) is 1940. The van der Waals surface area contributed by atoms with Gasteiger partial charge in [-0.1, -0.05) is 0 Å². The molecule has 88 valence electrons. The third-order valence-corrected chi connectivity index (χ3v) is 0. The molecule has 0 aromatic heterocycles. The van der Waals surface area contributed by atoms with Crippen LogP contribution in [0.2, 0.25) is 0 Å². The van der Waals surface area contributed by atoms with Crippen LogP contribution in [0.5, 0.6) is 0 Å². The van der Waals surface area contributed by atoms with Gasteiger partial charge < -0.3 is 45.8 Å². The molecule has 0 aliphatic rings. The van der Waals surface area contributed by atoms with Crippen molar-refractivity contribution >= 4 is 50.4 Å². The Morgan fingerprint density at radius 2 is 0.533 bits per heavy atom. The zero-order valence-corrected chi connectivity index (χ0v) is 10.9. The van der Waals surface area contributed by atoms with Gasteiger partial charge in [0.25, 0.3) is 0 Å². The first-order valence-electron chi connectivity index (χ1n) is 1.57. The fraction of sp³-hybridized carbons (Fsp3) is 0. The number of hydrogen-bond donors (Lipinski definition) is 6. The monoisotopic (exact) mass is 298 g/mol. The third-order valence-electron chi connectivity index (χ3n) is 0. The van der Waals surface area contributed by atoms with E-state index in [1.165, 1.54) is 0 Å². The van der Waals surface area contributed by atoms with Crippen LogP contribution in [0.1, 0.15) is 0 Å². The van der Waals surface area contributed by atoms with E-state index in [4.69, 9.17) is 38.5 Å². The Hall–Kier alpha value is 1.16. The van der Waals surface area contributed by atoms with E-state index in [9.17, 15) is 0 Å². The van der Waals surface area contributed by atoms with E-state index in [1.807, 2.05) is 0 Å². The van der Waals surface area contributed by atoms with Crippen molar-refractivity contribution in [1.82, 2.24) is 0 Å². The second kappa shape index (κ2) is 17.6. The van der Waals surface area contributed by atoms with Crippen molar-refractivity contribution in [3.05, 3.63) is 0 Å². The number of phosphoric acid groups is 2. The van der Waals surface area contributed by atoms with Gasteiger partial charge in [0.05, 0.1) is 0 Å². The van der Waals surface area contributed by atoms with Gasteiger partial charge in [0.15, 0.2) is 0 Å². The van der Waals surface area contributed by atoms with E-state index >= 15 is 0 Å². The van der Waals surface area contributed by atoms with Crippen molar-refractivity contribution in [2.24, 2.45) is 0 Å². The molecule has 15 heavy (non-hydrogen) atoms. The predicted molar refractivity (Wildman–Crippen MR) is 42.1 cm³/mol. The molecule has 0 aliphatic carbocycles. The van der Waals surface area contributed by atoms with Crippen LogP contribution in [0, 0.1) is 0 Å². The molecule has 0 radical (unpaired) electrons. The fourth-order valence-electron chi connectivity index (χ4n) is 0. The van der Waals surface area contributed by atoms with Gasteiger partial charge in [-0.25, -0.2) is 9.13 Å². The van der Waals surface area contributed by atoms with Gasteiger partial charge >= 0.3 is 50.4 Å². The molecule has 0 rings (SSSR count). The van der Waals surface area contributed by atoms with E-state index in [1.54, 1.807) is 0 Å². The molecule has 0 aromatic carbocycles. The van der Waals surface area contributed by atoms with E-state index in [2.05, 4.69) is 0 Å². The first-order chi connectivity index (χ1) is 4.00. The minimum Gasteiger partial charge on any atom is -2.00 e. The standard InChI is InChI=1S/2Al.2H3O4P.3O/c;;2*1-5(2,3)4;;;/h;;2*(H3,1,2,3,4);;;/q2*+3;;;3*-2. The maximum Gasteiger partial charge on any atom is 3.00 e. The first-order valence-corrected chi connectivity index (χ1v) is 4.70. The molecule has 0 heterocycles. The molecule has 0 fully saturated rings. The van der Waals surface area contributed by atoms with Gasteiger partial charge in [0.1, 0.15) is 0 Å². The summed E-state index contributed by atoms with van der Waals surface area (Å²) in [5.74, 6) is 0. The van der Waals surface area contributed by atoms with Crippen LogP contribution in [0.4, 0.5) is 0 Å². The quantitative estimate of drug-likeness (QED) is 0.198. The number of hydrogen-bond acceptors (Lipinski definition) is 2. The molecule has 0 spiro atoms. The van der Waals surface area contributed by atoms with Gasteiger partial charge in [0.2, 0.25) is 0 Å². The molecular weight excluding hydrogens is 292 g/mol. The Morgan fingerprint density at radius 3 is 0.533 bits per heavy atom. The summed E-state index contributed by atoms with van der Waals surface area (Å²) >= 11 is 0. The molecule has 15 heteroatoms. The average Bonchev–Trinajstić information content (AvgIpc) is 1.12. The topological polar surface area (TPSA) is 241 Å². The Bertz CT molecular complexity index is 129. The molecule has 6 N–H and O–H groups in total. The van der Waals surface area contributed by atoms with Crippen molar-refractivity contribution < 1.29 is 54.9 Å². The van der Waals surface area contributed by atoms with Crippen molar-refractivity contribution in [3.63, 3.8) is 0 Å². The van der Waals surface area contributed by atoms with E-state index < -0.39 is 15.6 Å². The zero-order chi connectivity index (χ0) is 9.00. The second-order valence-electron chi connectivity index (χ2n) is 1.03. The van der Waals surface area contributed by atoms with Crippen molar-refractivity contribution in [3.8, 4) is 0 Å².